The first-order valence-corrected chi connectivity index (χ1v) is 11.8. The standard InChI is InChI=1S/C25H34FN5O2/c1-15(2)27-13-19(18-6-5-16(3)11-20(18)26)25(33)31-9-7-30(8-10-31)24-22-17(4)12-21(32)23(22)28-14-29-24/h5-6,11,14-15,17,19,21,27,32H,7-10,12-13H2,1-4H3/t17-,19-,21-/m1/s1. The molecule has 0 spiro atoms. The van der Waals surface area contributed by atoms with Gasteiger partial charge in [0.25, 0.3) is 0 Å². The SMILES string of the molecule is Cc1ccc([C@@H](CNC(C)C)C(=O)N2CCN(c3ncnc4c3[C@H](C)C[C@H]4O)CC2)c(F)c1. The number of halogens is 1. The molecule has 0 radical (unpaired) electrons. The molecule has 3 atom stereocenters. The van der Waals surface area contributed by atoms with Gasteiger partial charge in [-0.2, -0.15) is 0 Å². The number of anilines is 1. The Morgan fingerprint density at radius 3 is 2.64 bits per heavy atom. The number of benzene rings is 1. The summed E-state index contributed by atoms with van der Waals surface area (Å²) in [5.74, 6) is 0.0996. The number of aliphatic hydroxyl groups excluding tert-OH is 1. The van der Waals surface area contributed by atoms with Crippen molar-refractivity contribution in [2.75, 3.05) is 37.6 Å². The van der Waals surface area contributed by atoms with Crippen LogP contribution in [0.25, 0.3) is 0 Å². The van der Waals surface area contributed by atoms with Gasteiger partial charge >= 0.3 is 0 Å². The summed E-state index contributed by atoms with van der Waals surface area (Å²) in [4.78, 5) is 26.3. The third kappa shape index (κ3) is 4.87. The van der Waals surface area contributed by atoms with Crippen LogP contribution in [0.3, 0.4) is 0 Å². The van der Waals surface area contributed by atoms with Crippen LogP contribution in [0.1, 0.15) is 67.5 Å². The smallest absolute Gasteiger partial charge is 0.231 e. The molecule has 7 nitrogen and oxygen atoms in total. The Kier molecular flexibility index (Phi) is 6.95. The molecule has 1 aromatic heterocycles. The first kappa shape index (κ1) is 23.6. The van der Waals surface area contributed by atoms with E-state index in [2.05, 4.69) is 27.1 Å². The molecule has 2 aromatic rings. The van der Waals surface area contributed by atoms with Crippen molar-refractivity contribution in [2.45, 2.75) is 58.1 Å². The van der Waals surface area contributed by atoms with Crippen LogP contribution in [0.2, 0.25) is 0 Å². The summed E-state index contributed by atoms with van der Waals surface area (Å²) in [7, 11) is 0. The van der Waals surface area contributed by atoms with E-state index < -0.39 is 12.0 Å². The van der Waals surface area contributed by atoms with Crippen molar-refractivity contribution in [2.24, 2.45) is 0 Å². The molecule has 0 saturated carbocycles. The van der Waals surface area contributed by atoms with E-state index in [4.69, 9.17) is 0 Å². The minimum atomic E-state index is -0.571. The number of fused-ring (bicyclic) bond motifs is 1. The van der Waals surface area contributed by atoms with Crippen molar-refractivity contribution < 1.29 is 14.3 Å². The summed E-state index contributed by atoms with van der Waals surface area (Å²) in [6.07, 6.45) is 1.63. The molecule has 33 heavy (non-hydrogen) atoms. The van der Waals surface area contributed by atoms with Crippen molar-refractivity contribution in [3.05, 3.63) is 52.7 Å². The van der Waals surface area contributed by atoms with Crippen LogP contribution in [0.4, 0.5) is 10.2 Å². The van der Waals surface area contributed by atoms with Gasteiger partial charge in [-0.3, -0.25) is 4.79 Å². The Bertz CT molecular complexity index is 1010. The molecule has 4 rings (SSSR count). The number of nitrogens with one attached hydrogen (secondary N) is 1. The van der Waals surface area contributed by atoms with Gasteiger partial charge in [0, 0.05) is 49.9 Å². The fourth-order valence-electron chi connectivity index (χ4n) is 4.91. The molecule has 8 heteroatoms. The van der Waals surface area contributed by atoms with Gasteiger partial charge in [-0.05, 0) is 30.9 Å². The molecule has 1 saturated heterocycles. The number of nitrogens with zero attached hydrogens (tertiary/aromatic N) is 4. The Hall–Kier alpha value is -2.58. The van der Waals surface area contributed by atoms with Gasteiger partial charge < -0.3 is 20.2 Å². The number of rotatable bonds is 6. The average Bonchev–Trinajstić information content (AvgIpc) is 3.08. The maximum absolute atomic E-state index is 14.8. The Morgan fingerprint density at radius 2 is 1.97 bits per heavy atom. The predicted octanol–water partition coefficient (Wildman–Crippen LogP) is 2.90. The summed E-state index contributed by atoms with van der Waals surface area (Å²) in [5, 5.41) is 13.6. The first-order chi connectivity index (χ1) is 15.8. The number of hydrogen-bond acceptors (Lipinski definition) is 6. The van der Waals surface area contributed by atoms with Gasteiger partial charge in [-0.1, -0.05) is 32.9 Å². The Balaban J connectivity index is 1.50. The van der Waals surface area contributed by atoms with E-state index in [1.807, 2.05) is 31.7 Å². The molecule has 1 fully saturated rings. The Labute approximate surface area is 195 Å². The monoisotopic (exact) mass is 455 g/mol. The largest absolute Gasteiger partial charge is 0.387 e. The van der Waals surface area contributed by atoms with Crippen molar-refractivity contribution >= 4 is 11.7 Å². The topological polar surface area (TPSA) is 81.6 Å². The average molecular weight is 456 g/mol. The van der Waals surface area contributed by atoms with Crippen LogP contribution in [0.15, 0.2) is 24.5 Å². The minimum absolute atomic E-state index is 0.0535. The zero-order chi connectivity index (χ0) is 23.7. The Morgan fingerprint density at radius 1 is 1.24 bits per heavy atom. The molecular formula is C25H34FN5O2. The van der Waals surface area contributed by atoms with Crippen LogP contribution in [0, 0.1) is 12.7 Å². The molecule has 2 heterocycles. The zero-order valence-electron chi connectivity index (χ0n) is 19.9. The lowest BCUT2D eigenvalue weighted by molar-refractivity contribution is -0.133. The second-order valence-electron chi connectivity index (χ2n) is 9.60. The molecule has 0 unspecified atom stereocenters. The number of hydrogen-bond donors (Lipinski definition) is 2. The zero-order valence-corrected chi connectivity index (χ0v) is 19.9. The van der Waals surface area contributed by atoms with E-state index in [0.717, 1.165) is 22.6 Å². The number of amides is 1. The van der Waals surface area contributed by atoms with Gasteiger partial charge in [-0.25, -0.2) is 14.4 Å². The van der Waals surface area contributed by atoms with E-state index in [-0.39, 0.29) is 23.7 Å². The molecule has 1 aliphatic heterocycles. The van der Waals surface area contributed by atoms with Crippen molar-refractivity contribution in [1.82, 2.24) is 20.2 Å². The molecule has 2 N–H and O–H groups in total. The van der Waals surface area contributed by atoms with Gasteiger partial charge in [0.05, 0.1) is 17.7 Å². The van der Waals surface area contributed by atoms with Crippen LogP contribution < -0.4 is 10.2 Å². The summed E-state index contributed by atoms with van der Waals surface area (Å²) < 4.78 is 14.8. The molecule has 2 aliphatic rings. The number of aryl methyl sites for hydroxylation is 1. The fraction of sp³-hybridized carbons (Fsp3) is 0.560. The van der Waals surface area contributed by atoms with Crippen molar-refractivity contribution in [3.8, 4) is 0 Å². The van der Waals surface area contributed by atoms with Crippen LogP contribution >= 0.6 is 0 Å². The summed E-state index contributed by atoms with van der Waals surface area (Å²) >= 11 is 0. The van der Waals surface area contributed by atoms with Crippen LogP contribution in [-0.2, 0) is 4.79 Å². The third-order valence-corrected chi connectivity index (χ3v) is 6.73. The molecule has 0 bridgehead atoms. The van der Waals surface area contributed by atoms with Crippen molar-refractivity contribution in [1.29, 1.82) is 0 Å². The lowest BCUT2D eigenvalue weighted by Gasteiger charge is -2.38. The fourth-order valence-corrected chi connectivity index (χ4v) is 4.91. The minimum Gasteiger partial charge on any atom is -0.387 e. The van der Waals surface area contributed by atoms with E-state index in [0.29, 0.717) is 44.7 Å². The number of aliphatic hydroxyl groups is 1. The number of carbonyl (C=O) groups excluding carboxylic acids is 1. The molecule has 1 aromatic carbocycles. The highest BCUT2D eigenvalue weighted by molar-refractivity contribution is 5.84. The van der Waals surface area contributed by atoms with E-state index in [1.54, 1.807) is 6.07 Å². The van der Waals surface area contributed by atoms with Gasteiger partial charge in [0.2, 0.25) is 5.91 Å². The highest BCUT2D eigenvalue weighted by Crippen LogP contribution is 2.42. The quantitative estimate of drug-likeness (QED) is 0.697. The van der Waals surface area contributed by atoms with E-state index in [1.165, 1.54) is 12.4 Å². The van der Waals surface area contributed by atoms with E-state index in [9.17, 15) is 14.3 Å². The van der Waals surface area contributed by atoms with E-state index >= 15 is 0 Å². The number of aromatic nitrogens is 2. The van der Waals surface area contributed by atoms with Crippen LogP contribution in [-0.4, -0.2) is 64.6 Å². The second-order valence-corrected chi connectivity index (χ2v) is 9.60. The lowest BCUT2D eigenvalue weighted by Crippen LogP contribution is -2.51. The second kappa shape index (κ2) is 9.73. The van der Waals surface area contributed by atoms with Gasteiger partial charge in [-0.15, -0.1) is 0 Å². The number of piperazine rings is 1. The summed E-state index contributed by atoms with van der Waals surface area (Å²) in [6, 6.07) is 5.29. The molecular weight excluding hydrogens is 421 g/mol. The summed E-state index contributed by atoms with van der Waals surface area (Å²) in [6.45, 7) is 10.7. The van der Waals surface area contributed by atoms with Crippen molar-refractivity contribution in [3.63, 3.8) is 0 Å². The predicted molar refractivity (Wildman–Crippen MR) is 126 cm³/mol. The highest BCUT2D eigenvalue weighted by atomic mass is 19.1. The molecule has 1 amide bonds. The maximum atomic E-state index is 14.8. The highest BCUT2D eigenvalue weighted by Gasteiger charge is 2.35. The van der Waals surface area contributed by atoms with Gasteiger partial charge in [0.1, 0.15) is 18.0 Å². The van der Waals surface area contributed by atoms with Gasteiger partial charge in [0.15, 0.2) is 0 Å². The summed E-state index contributed by atoms with van der Waals surface area (Å²) in [5.41, 5.74) is 3.02. The third-order valence-electron chi connectivity index (χ3n) is 6.73. The molecule has 178 valence electrons. The maximum Gasteiger partial charge on any atom is 0.231 e. The first-order valence-electron chi connectivity index (χ1n) is 11.8. The lowest BCUT2D eigenvalue weighted by atomic mass is 9.95. The number of carbonyl (C=O) groups is 1. The molecule has 1 aliphatic carbocycles. The normalized spacial score (nSPS) is 21.4. The van der Waals surface area contributed by atoms with Crippen LogP contribution in [0.5, 0.6) is 0 Å².